The minimum atomic E-state index is -0.513. The van der Waals surface area contributed by atoms with E-state index < -0.39 is 11.9 Å². The lowest BCUT2D eigenvalue weighted by Gasteiger charge is -2.29. The highest BCUT2D eigenvalue weighted by molar-refractivity contribution is 7.99. The highest BCUT2D eigenvalue weighted by Gasteiger charge is 2.24. The standard InChI is InChI=1S/C22H29FN4O2S/c1-4-13-27-21(16(3)29-19-12-8-6-10-17(19)23)25-26-22(27)30-14-20(28)24-18-11-7-5-9-15(18)2/h4,6,8,10,12,15-16,18H,1,5,7,9,11,13-14H2,2-3H3,(H,24,28). The number of rotatable bonds is 9. The number of nitrogens with zero attached hydrogens (tertiary/aromatic N) is 3. The van der Waals surface area contributed by atoms with E-state index in [4.69, 9.17) is 4.74 Å². The van der Waals surface area contributed by atoms with Crippen molar-refractivity contribution in [3.8, 4) is 5.75 Å². The quantitative estimate of drug-likeness (QED) is 0.466. The molecular weight excluding hydrogens is 403 g/mol. The first-order valence-electron chi connectivity index (χ1n) is 10.4. The van der Waals surface area contributed by atoms with Gasteiger partial charge in [-0.25, -0.2) is 4.39 Å². The first-order chi connectivity index (χ1) is 14.5. The molecule has 0 radical (unpaired) electrons. The van der Waals surface area contributed by atoms with E-state index in [2.05, 4.69) is 29.0 Å². The van der Waals surface area contributed by atoms with Gasteiger partial charge in [-0.3, -0.25) is 9.36 Å². The van der Waals surface area contributed by atoms with Gasteiger partial charge >= 0.3 is 0 Å². The summed E-state index contributed by atoms with van der Waals surface area (Å²) in [5.74, 6) is 1.07. The monoisotopic (exact) mass is 432 g/mol. The largest absolute Gasteiger partial charge is 0.480 e. The van der Waals surface area contributed by atoms with Gasteiger partial charge in [0.1, 0.15) is 0 Å². The van der Waals surface area contributed by atoms with Crippen LogP contribution in [0.5, 0.6) is 5.75 Å². The zero-order chi connectivity index (χ0) is 21.5. The molecule has 1 heterocycles. The molecule has 1 aromatic heterocycles. The molecule has 1 saturated carbocycles. The molecule has 0 aliphatic heterocycles. The van der Waals surface area contributed by atoms with Gasteiger partial charge < -0.3 is 10.1 Å². The number of hydrogen-bond acceptors (Lipinski definition) is 5. The smallest absolute Gasteiger partial charge is 0.230 e. The molecule has 3 unspecified atom stereocenters. The van der Waals surface area contributed by atoms with Gasteiger partial charge in [0, 0.05) is 12.6 Å². The molecule has 0 bridgehead atoms. The Kier molecular flexibility index (Phi) is 7.90. The summed E-state index contributed by atoms with van der Waals surface area (Å²) in [6, 6.07) is 6.51. The van der Waals surface area contributed by atoms with Crippen molar-refractivity contribution < 1.29 is 13.9 Å². The topological polar surface area (TPSA) is 69.0 Å². The maximum Gasteiger partial charge on any atom is 0.230 e. The van der Waals surface area contributed by atoms with Gasteiger partial charge in [0.2, 0.25) is 5.91 Å². The summed E-state index contributed by atoms with van der Waals surface area (Å²) in [7, 11) is 0. The van der Waals surface area contributed by atoms with E-state index >= 15 is 0 Å². The van der Waals surface area contributed by atoms with Crippen LogP contribution < -0.4 is 10.1 Å². The van der Waals surface area contributed by atoms with Crippen molar-refractivity contribution >= 4 is 17.7 Å². The van der Waals surface area contributed by atoms with Crippen LogP contribution in [0.2, 0.25) is 0 Å². The summed E-state index contributed by atoms with van der Waals surface area (Å²) in [4.78, 5) is 12.4. The highest BCUT2D eigenvalue weighted by atomic mass is 32.2. The minimum absolute atomic E-state index is 0.00380. The molecule has 8 heteroatoms. The average molecular weight is 433 g/mol. The fourth-order valence-electron chi connectivity index (χ4n) is 3.70. The Morgan fingerprint density at radius 3 is 2.90 bits per heavy atom. The van der Waals surface area contributed by atoms with Gasteiger partial charge in [0.25, 0.3) is 0 Å². The summed E-state index contributed by atoms with van der Waals surface area (Å²) in [6.45, 7) is 8.25. The summed E-state index contributed by atoms with van der Waals surface area (Å²) in [6.07, 6.45) is 5.83. The maximum absolute atomic E-state index is 13.9. The van der Waals surface area contributed by atoms with Gasteiger partial charge in [0.05, 0.1) is 5.75 Å². The molecule has 0 saturated heterocycles. The summed E-state index contributed by atoms with van der Waals surface area (Å²) in [5.41, 5.74) is 0. The number of allylic oxidation sites excluding steroid dienone is 1. The molecular formula is C22H29FN4O2S. The van der Waals surface area contributed by atoms with Crippen molar-refractivity contribution in [2.24, 2.45) is 5.92 Å². The molecule has 1 amide bonds. The van der Waals surface area contributed by atoms with Crippen LogP contribution in [0.15, 0.2) is 42.1 Å². The maximum atomic E-state index is 13.9. The van der Waals surface area contributed by atoms with Crippen LogP contribution in [0, 0.1) is 11.7 Å². The van der Waals surface area contributed by atoms with Crippen molar-refractivity contribution in [1.29, 1.82) is 0 Å². The summed E-state index contributed by atoms with van der Waals surface area (Å²) < 4.78 is 21.5. The number of nitrogens with one attached hydrogen (secondary N) is 1. The molecule has 1 N–H and O–H groups in total. The molecule has 1 aliphatic carbocycles. The molecule has 3 rings (SSSR count). The van der Waals surface area contributed by atoms with E-state index in [0.29, 0.717) is 23.4 Å². The SMILES string of the molecule is C=CCn1c(SCC(=O)NC2CCCCC2C)nnc1C(C)Oc1ccccc1F. The van der Waals surface area contributed by atoms with E-state index in [1.54, 1.807) is 31.2 Å². The molecule has 1 fully saturated rings. The number of para-hydroxylation sites is 1. The van der Waals surface area contributed by atoms with E-state index in [-0.39, 0.29) is 23.5 Å². The number of ether oxygens (including phenoxy) is 1. The van der Waals surface area contributed by atoms with E-state index in [0.717, 1.165) is 12.8 Å². The van der Waals surface area contributed by atoms with Crippen LogP contribution >= 0.6 is 11.8 Å². The Balaban J connectivity index is 1.64. The van der Waals surface area contributed by atoms with Crippen LogP contribution in [-0.4, -0.2) is 32.5 Å². The number of carbonyl (C=O) groups excluding carboxylic acids is 1. The van der Waals surface area contributed by atoms with Gasteiger partial charge in [0.15, 0.2) is 28.7 Å². The Morgan fingerprint density at radius 1 is 1.40 bits per heavy atom. The highest BCUT2D eigenvalue weighted by Crippen LogP contribution is 2.27. The van der Waals surface area contributed by atoms with Crippen molar-refractivity contribution in [1.82, 2.24) is 20.1 Å². The number of carbonyl (C=O) groups is 1. The summed E-state index contributed by atoms with van der Waals surface area (Å²) in [5, 5.41) is 12.2. The van der Waals surface area contributed by atoms with E-state index in [1.165, 1.54) is 30.7 Å². The molecule has 1 aromatic carbocycles. The number of thioether (sulfide) groups is 1. The lowest BCUT2D eigenvalue weighted by molar-refractivity contribution is -0.119. The van der Waals surface area contributed by atoms with Gasteiger partial charge in [-0.1, -0.05) is 49.7 Å². The normalized spacial score (nSPS) is 19.8. The van der Waals surface area contributed by atoms with Crippen molar-refractivity contribution in [3.63, 3.8) is 0 Å². The number of halogens is 1. The van der Waals surface area contributed by atoms with Crippen LogP contribution in [0.3, 0.4) is 0 Å². The zero-order valence-corrected chi connectivity index (χ0v) is 18.3. The lowest BCUT2D eigenvalue weighted by Crippen LogP contribution is -2.41. The molecule has 6 nitrogen and oxygen atoms in total. The molecule has 3 atom stereocenters. The predicted molar refractivity (Wildman–Crippen MR) is 116 cm³/mol. The average Bonchev–Trinajstić information content (AvgIpc) is 3.13. The first kappa shape index (κ1) is 22.3. The number of hydrogen-bond donors (Lipinski definition) is 1. The zero-order valence-electron chi connectivity index (χ0n) is 17.5. The minimum Gasteiger partial charge on any atom is -0.480 e. The van der Waals surface area contributed by atoms with Crippen LogP contribution in [0.1, 0.15) is 51.5 Å². The van der Waals surface area contributed by atoms with E-state index in [9.17, 15) is 9.18 Å². The summed E-state index contributed by atoms with van der Waals surface area (Å²) >= 11 is 1.33. The number of benzene rings is 1. The predicted octanol–water partition coefficient (Wildman–Crippen LogP) is 4.53. The lowest BCUT2D eigenvalue weighted by atomic mass is 9.86. The third-order valence-corrected chi connectivity index (χ3v) is 6.32. The molecule has 1 aliphatic rings. The second-order valence-electron chi connectivity index (χ2n) is 7.65. The van der Waals surface area contributed by atoms with Crippen molar-refractivity contribution in [2.45, 2.75) is 63.4 Å². The Morgan fingerprint density at radius 2 is 2.17 bits per heavy atom. The number of amides is 1. The molecule has 2 aromatic rings. The second-order valence-corrected chi connectivity index (χ2v) is 8.60. The van der Waals surface area contributed by atoms with Gasteiger partial charge in [-0.05, 0) is 37.8 Å². The second kappa shape index (κ2) is 10.6. The van der Waals surface area contributed by atoms with Crippen LogP contribution in [0.4, 0.5) is 4.39 Å². The first-order valence-corrected chi connectivity index (χ1v) is 11.4. The number of aromatic nitrogens is 3. The van der Waals surface area contributed by atoms with Crippen molar-refractivity contribution in [2.75, 3.05) is 5.75 Å². The Hall–Kier alpha value is -2.35. The van der Waals surface area contributed by atoms with E-state index in [1.807, 2.05) is 4.57 Å². The molecule has 0 spiro atoms. The fourth-order valence-corrected chi connectivity index (χ4v) is 4.47. The van der Waals surface area contributed by atoms with Crippen LogP contribution in [0.25, 0.3) is 0 Å². The van der Waals surface area contributed by atoms with Gasteiger partial charge in [-0.2, -0.15) is 0 Å². The van der Waals surface area contributed by atoms with Crippen molar-refractivity contribution in [3.05, 3.63) is 48.6 Å². The molecule has 30 heavy (non-hydrogen) atoms. The van der Waals surface area contributed by atoms with Crippen LogP contribution in [-0.2, 0) is 11.3 Å². The third-order valence-electron chi connectivity index (χ3n) is 5.35. The molecule has 162 valence electrons. The van der Waals surface area contributed by atoms with Gasteiger partial charge in [-0.15, -0.1) is 16.8 Å². The third kappa shape index (κ3) is 5.62. The Bertz CT molecular complexity index is 873. The fraction of sp³-hybridized carbons (Fsp3) is 0.500. The Labute approximate surface area is 181 Å².